The zero-order valence-corrected chi connectivity index (χ0v) is 16.1. The lowest BCUT2D eigenvalue weighted by Gasteiger charge is -2.08. The van der Waals surface area contributed by atoms with Gasteiger partial charge in [-0.25, -0.2) is 4.79 Å². The van der Waals surface area contributed by atoms with Crippen LogP contribution < -0.4 is 27.0 Å². The van der Waals surface area contributed by atoms with Crippen molar-refractivity contribution in [2.75, 3.05) is 32.1 Å². The Morgan fingerprint density at radius 2 is 2.04 bits per heavy atom. The van der Waals surface area contributed by atoms with E-state index in [9.17, 15) is 4.79 Å². The summed E-state index contributed by atoms with van der Waals surface area (Å²) in [4.78, 5) is 21.6. The molecule has 28 heavy (non-hydrogen) atoms. The molecule has 0 saturated carbocycles. The average molecular weight is 382 g/mol. The van der Waals surface area contributed by atoms with Gasteiger partial charge in [0, 0.05) is 38.8 Å². The second kappa shape index (κ2) is 8.57. The molecule has 0 amide bonds. The maximum atomic E-state index is 12.4. The van der Waals surface area contributed by atoms with Crippen LogP contribution in [0.5, 0.6) is 0 Å². The van der Waals surface area contributed by atoms with Gasteiger partial charge >= 0.3 is 5.69 Å². The fourth-order valence-electron chi connectivity index (χ4n) is 2.85. The molecular weight excluding hydrogens is 356 g/mol. The first-order valence-electron chi connectivity index (χ1n) is 9.12. The molecule has 0 bridgehead atoms. The molecule has 3 rings (SSSR count). The summed E-state index contributed by atoms with van der Waals surface area (Å²) in [7, 11) is 3.87. The number of nitrogens with two attached hydrogens (primary N) is 1. The number of rotatable bonds is 8. The van der Waals surface area contributed by atoms with Crippen LogP contribution in [0.2, 0.25) is 0 Å². The van der Waals surface area contributed by atoms with E-state index in [0.717, 1.165) is 42.0 Å². The molecule has 3 aromatic rings. The van der Waals surface area contributed by atoms with Crippen molar-refractivity contribution in [1.82, 2.24) is 25.2 Å². The number of H-pyrrole nitrogens is 1. The summed E-state index contributed by atoms with van der Waals surface area (Å²) in [6, 6.07) is 9.80. The molecule has 9 heteroatoms. The summed E-state index contributed by atoms with van der Waals surface area (Å²) >= 11 is 0. The minimum Gasteiger partial charge on any atom is -0.370 e. The van der Waals surface area contributed by atoms with Crippen molar-refractivity contribution in [3.63, 3.8) is 0 Å². The summed E-state index contributed by atoms with van der Waals surface area (Å²) in [5, 5.41) is 14.1. The molecule has 2 aromatic heterocycles. The Kier molecular flexibility index (Phi) is 5.95. The van der Waals surface area contributed by atoms with Crippen LogP contribution in [0.15, 0.2) is 41.3 Å². The summed E-state index contributed by atoms with van der Waals surface area (Å²) in [5.41, 5.74) is 7.41. The Morgan fingerprint density at radius 3 is 2.71 bits per heavy atom. The third kappa shape index (κ3) is 4.68. The summed E-state index contributed by atoms with van der Waals surface area (Å²) in [5.74, 6) is 0.899. The molecule has 0 aliphatic rings. The Hall–Kier alpha value is -3.33. The van der Waals surface area contributed by atoms with Crippen LogP contribution in [0.3, 0.4) is 0 Å². The van der Waals surface area contributed by atoms with E-state index in [1.807, 2.05) is 55.5 Å². The molecule has 9 nitrogen and oxygen atoms in total. The van der Waals surface area contributed by atoms with Gasteiger partial charge in [-0.2, -0.15) is 4.98 Å². The smallest absolute Gasteiger partial charge is 0.354 e. The van der Waals surface area contributed by atoms with Crippen LogP contribution in [-0.2, 0) is 6.54 Å². The van der Waals surface area contributed by atoms with Gasteiger partial charge in [-0.05, 0) is 36.7 Å². The second-order valence-corrected chi connectivity index (χ2v) is 6.78. The van der Waals surface area contributed by atoms with E-state index < -0.39 is 0 Å². The fraction of sp³-hybridized carbons (Fsp3) is 0.316. The van der Waals surface area contributed by atoms with Crippen LogP contribution in [0.1, 0.15) is 12.0 Å². The Morgan fingerprint density at radius 1 is 1.29 bits per heavy atom. The van der Waals surface area contributed by atoms with Crippen LogP contribution in [0, 0.1) is 5.41 Å². The van der Waals surface area contributed by atoms with Gasteiger partial charge in [0.25, 0.3) is 0 Å². The highest BCUT2D eigenvalue weighted by Crippen LogP contribution is 2.18. The monoisotopic (exact) mass is 382 g/mol. The maximum absolute atomic E-state index is 12.4. The minimum atomic E-state index is -0.316. The molecule has 6 N–H and O–H groups in total. The van der Waals surface area contributed by atoms with E-state index in [0.29, 0.717) is 12.2 Å². The molecule has 0 aliphatic carbocycles. The fourth-order valence-corrected chi connectivity index (χ4v) is 2.85. The van der Waals surface area contributed by atoms with Gasteiger partial charge in [0.2, 0.25) is 0 Å². The van der Waals surface area contributed by atoms with Crippen molar-refractivity contribution >= 4 is 22.8 Å². The van der Waals surface area contributed by atoms with Gasteiger partial charge in [0.05, 0.1) is 5.69 Å². The lowest BCUT2D eigenvalue weighted by atomic mass is 10.2. The van der Waals surface area contributed by atoms with Gasteiger partial charge in [-0.3, -0.25) is 9.98 Å². The number of anilines is 1. The van der Waals surface area contributed by atoms with Crippen molar-refractivity contribution in [3.05, 3.63) is 52.6 Å². The van der Waals surface area contributed by atoms with Crippen LogP contribution in [0.25, 0.3) is 16.7 Å². The lowest BCUT2D eigenvalue weighted by Crippen LogP contribution is -2.32. The number of guanidine groups is 1. The molecule has 148 valence electrons. The number of aromatic nitrogens is 3. The number of fused-ring (bicyclic) bond motifs is 1. The molecule has 2 heterocycles. The number of hydrogen-bond donors (Lipinski definition) is 5. The van der Waals surface area contributed by atoms with E-state index in [-0.39, 0.29) is 11.6 Å². The minimum absolute atomic E-state index is 0.00362. The van der Waals surface area contributed by atoms with Gasteiger partial charge in [-0.15, -0.1) is 0 Å². The van der Waals surface area contributed by atoms with Crippen molar-refractivity contribution in [2.45, 2.75) is 13.0 Å². The number of nitrogens with one attached hydrogen (secondary N) is 4. The van der Waals surface area contributed by atoms with Gasteiger partial charge in [0.15, 0.2) is 5.96 Å². The highest BCUT2D eigenvalue weighted by molar-refractivity contribution is 5.80. The van der Waals surface area contributed by atoms with Gasteiger partial charge in [0.1, 0.15) is 11.5 Å². The second-order valence-electron chi connectivity index (χ2n) is 6.78. The third-order valence-corrected chi connectivity index (χ3v) is 4.37. The first-order chi connectivity index (χ1) is 13.4. The lowest BCUT2D eigenvalue weighted by molar-refractivity contribution is 0.639. The number of aromatic amines is 1. The number of benzene rings is 1. The van der Waals surface area contributed by atoms with Crippen molar-refractivity contribution in [2.24, 2.45) is 5.73 Å². The number of hydrogen-bond acceptors (Lipinski definition) is 5. The quantitative estimate of drug-likeness (QED) is 0.222. The highest BCUT2D eigenvalue weighted by Gasteiger charge is 2.08. The topological polar surface area (TPSA) is 128 Å². The summed E-state index contributed by atoms with van der Waals surface area (Å²) < 4.78 is 1.56. The zero-order chi connectivity index (χ0) is 20.1. The number of nitrogens with zero attached hydrogens (tertiary/aromatic N) is 3. The molecule has 0 saturated heterocycles. The average Bonchev–Trinajstić information content (AvgIpc) is 3.07. The predicted molar refractivity (Wildman–Crippen MR) is 112 cm³/mol. The standard InChI is InChI=1S/C19H26N8O/c1-26(2)16-10-14-12-27(19(28)25-17(14)24-16)15-6-4-13(5-7-15)11-22-8-3-9-23-18(20)21/h4-7,10,12,22H,3,8-9,11H2,1-2H3,(H4,20,21,23)(H,24,25,28). The van der Waals surface area contributed by atoms with E-state index in [4.69, 9.17) is 11.1 Å². The van der Waals surface area contributed by atoms with Gasteiger partial charge < -0.3 is 26.3 Å². The zero-order valence-electron chi connectivity index (χ0n) is 16.1. The molecule has 0 fully saturated rings. The van der Waals surface area contributed by atoms with Crippen LogP contribution >= 0.6 is 0 Å². The van der Waals surface area contributed by atoms with E-state index in [2.05, 4.69) is 20.6 Å². The highest BCUT2D eigenvalue weighted by atomic mass is 16.1. The molecule has 1 aromatic carbocycles. The molecular formula is C19H26N8O. The molecule has 0 unspecified atom stereocenters. The van der Waals surface area contributed by atoms with Crippen LogP contribution in [0.4, 0.5) is 5.82 Å². The third-order valence-electron chi connectivity index (χ3n) is 4.37. The van der Waals surface area contributed by atoms with Crippen molar-refractivity contribution in [3.8, 4) is 5.69 Å². The predicted octanol–water partition coefficient (Wildman–Crippen LogP) is 0.743. The Bertz CT molecular complexity index is 1000. The summed E-state index contributed by atoms with van der Waals surface area (Å²) in [6.45, 7) is 2.23. The van der Waals surface area contributed by atoms with Crippen molar-refractivity contribution < 1.29 is 0 Å². The Balaban J connectivity index is 1.65. The first kappa shape index (κ1) is 19.4. The van der Waals surface area contributed by atoms with Crippen molar-refractivity contribution in [1.29, 1.82) is 5.41 Å². The SMILES string of the molecule is CN(C)c1cc2cn(-c3ccc(CNCCCNC(=N)N)cc3)c(=O)nc2[nH]1. The molecule has 0 spiro atoms. The molecule has 0 atom stereocenters. The Labute approximate surface area is 163 Å². The van der Waals surface area contributed by atoms with E-state index in [1.54, 1.807) is 4.57 Å². The maximum Gasteiger partial charge on any atom is 0.354 e. The van der Waals surface area contributed by atoms with Gasteiger partial charge in [-0.1, -0.05) is 12.1 Å². The molecule has 0 aliphatic heterocycles. The van der Waals surface area contributed by atoms with E-state index >= 15 is 0 Å². The normalized spacial score (nSPS) is 10.9. The summed E-state index contributed by atoms with van der Waals surface area (Å²) in [6.07, 6.45) is 2.69. The first-order valence-corrected chi connectivity index (χ1v) is 9.12. The molecule has 0 radical (unpaired) electrons. The van der Waals surface area contributed by atoms with E-state index in [1.165, 1.54) is 0 Å². The van der Waals surface area contributed by atoms with Crippen LogP contribution in [-0.4, -0.2) is 47.7 Å². The largest absolute Gasteiger partial charge is 0.370 e.